The van der Waals surface area contributed by atoms with E-state index in [1.807, 2.05) is 58.9 Å². The summed E-state index contributed by atoms with van der Waals surface area (Å²) >= 11 is 0. The lowest BCUT2D eigenvalue weighted by Gasteiger charge is -2.17. The Morgan fingerprint density at radius 1 is 1.14 bits per heavy atom. The van der Waals surface area contributed by atoms with Crippen LogP contribution in [0.2, 0.25) is 0 Å². The minimum absolute atomic E-state index is 0.174. The Bertz CT molecular complexity index is 1040. The van der Waals surface area contributed by atoms with Crippen LogP contribution in [0.1, 0.15) is 23.7 Å². The number of rotatable bonds is 6. The molecule has 1 aromatic heterocycles. The van der Waals surface area contributed by atoms with Gasteiger partial charge in [-0.2, -0.15) is 0 Å². The quantitative estimate of drug-likeness (QED) is 0.696. The predicted octanol–water partition coefficient (Wildman–Crippen LogP) is 3.78. The third-order valence-electron chi connectivity index (χ3n) is 5.43. The Hall–Kier alpha value is -3.41. The minimum Gasteiger partial charge on any atom is -0.478 e. The number of aromatic carboxylic acids is 1. The highest BCUT2D eigenvalue weighted by Gasteiger charge is 2.30. The molecule has 1 N–H and O–H groups in total. The molecular weight excluding hydrogens is 366 g/mol. The first kappa shape index (κ1) is 18.9. The molecule has 0 aliphatic carbocycles. The van der Waals surface area contributed by atoms with Gasteiger partial charge in [0.2, 0.25) is 5.91 Å². The van der Waals surface area contributed by atoms with E-state index >= 15 is 0 Å². The van der Waals surface area contributed by atoms with Crippen LogP contribution < -0.4 is 0 Å². The fraction of sp³-hybridized carbons (Fsp3) is 0.261. The van der Waals surface area contributed by atoms with Crippen molar-refractivity contribution in [2.45, 2.75) is 19.9 Å². The molecule has 1 atom stereocenters. The molecule has 6 nitrogen and oxygen atoms in total. The monoisotopic (exact) mass is 389 g/mol. The lowest BCUT2D eigenvalue weighted by atomic mass is 9.99. The molecule has 1 amide bonds. The molecule has 1 aliphatic rings. The normalized spacial score (nSPS) is 16.4. The van der Waals surface area contributed by atoms with E-state index in [9.17, 15) is 14.7 Å². The number of carbonyl (C=O) groups excluding carboxylic acids is 1. The lowest BCUT2D eigenvalue weighted by molar-refractivity contribution is -0.127. The van der Waals surface area contributed by atoms with Crippen LogP contribution in [-0.4, -0.2) is 44.5 Å². The number of amides is 1. The average molecular weight is 389 g/mol. The SMILES string of the molecule is CCN1CC(Cn2cnc(-c3ccccc3)c2-c2ccccc2C(=O)O)CC1=O. The molecule has 148 valence electrons. The topological polar surface area (TPSA) is 75.4 Å². The Labute approximate surface area is 169 Å². The van der Waals surface area contributed by atoms with Crippen LogP contribution >= 0.6 is 0 Å². The molecule has 0 saturated carbocycles. The summed E-state index contributed by atoms with van der Waals surface area (Å²) in [5, 5.41) is 9.72. The van der Waals surface area contributed by atoms with E-state index in [-0.39, 0.29) is 17.4 Å². The van der Waals surface area contributed by atoms with Crippen molar-refractivity contribution in [2.24, 2.45) is 5.92 Å². The minimum atomic E-state index is -0.972. The molecular formula is C23H23N3O3. The van der Waals surface area contributed by atoms with E-state index < -0.39 is 5.97 Å². The fourth-order valence-electron chi connectivity index (χ4n) is 4.05. The summed E-state index contributed by atoms with van der Waals surface area (Å²) < 4.78 is 2.00. The van der Waals surface area contributed by atoms with Gasteiger partial charge in [0, 0.05) is 43.1 Å². The van der Waals surface area contributed by atoms with Crippen LogP contribution in [0.3, 0.4) is 0 Å². The van der Waals surface area contributed by atoms with Gasteiger partial charge in [0.15, 0.2) is 0 Å². The van der Waals surface area contributed by atoms with E-state index in [1.165, 1.54) is 0 Å². The van der Waals surface area contributed by atoms with Crippen molar-refractivity contribution in [2.75, 3.05) is 13.1 Å². The van der Waals surface area contributed by atoms with Crippen molar-refractivity contribution in [3.8, 4) is 22.5 Å². The van der Waals surface area contributed by atoms with Crippen LogP contribution in [-0.2, 0) is 11.3 Å². The highest BCUT2D eigenvalue weighted by atomic mass is 16.4. The maximum atomic E-state index is 12.2. The number of carboxylic acid groups (broad SMARTS) is 1. The van der Waals surface area contributed by atoms with Crippen LogP contribution in [0.15, 0.2) is 60.9 Å². The molecule has 0 radical (unpaired) electrons. The Balaban J connectivity index is 1.80. The summed E-state index contributed by atoms with van der Waals surface area (Å²) in [5.41, 5.74) is 3.32. The lowest BCUT2D eigenvalue weighted by Crippen LogP contribution is -2.25. The molecule has 0 spiro atoms. The smallest absolute Gasteiger partial charge is 0.336 e. The molecule has 6 heteroatoms. The zero-order valence-corrected chi connectivity index (χ0v) is 16.3. The van der Waals surface area contributed by atoms with Crippen molar-refractivity contribution < 1.29 is 14.7 Å². The molecule has 29 heavy (non-hydrogen) atoms. The van der Waals surface area contributed by atoms with Crippen molar-refractivity contribution in [3.05, 3.63) is 66.5 Å². The predicted molar refractivity (Wildman–Crippen MR) is 110 cm³/mol. The molecule has 4 rings (SSSR count). The number of carbonyl (C=O) groups is 2. The van der Waals surface area contributed by atoms with Gasteiger partial charge in [-0.25, -0.2) is 9.78 Å². The number of likely N-dealkylation sites (tertiary alicyclic amines) is 1. The Morgan fingerprint density at radius 3 is 2.55 bits per heavy atom. The standard InChI is InChI=1S/C23H23N3O3/c1-2-25-13-16(12-20(25)27)14-26-15-24-21(17-8-4-3-5-9-17)22(26)18-10-6-7-11-19(18)23(28)29/h3-11,15-16H,2,12-14H2,1H3,(H,28,29). The third-order valence-corrected chi connectivity index (χ3v) is 5.43. The van der Waals surface area contributed by atoms with Gasteiger partial charge in [-0.3, -0.25) is 4.79 Å². The van der Waals surface area contributed by atoms with E-state index in [0.717, 1.165) is 17.0 Å². The molecule has 1 saturated heterocycles. The van der Waals surface area contributed by atoms with Crippen LogP contribution in [0.4, 0.5) is 0 Å². The van der Waals surface area contributed by atoms with Gasteiger partial charge in [0.25, 0.3) is 0 Å². The van der Waals surface area contributed by atoms with Gasteiger partial charge in [0.05, 0.1) is 23.3 Å². The van der Waals surface area contributed by atoms with E-state index in [0.29, 0.717) is 31.6 Å². The van der Waals surface area contributed by atoms with Gasteiger partial charge in [-0.15, -0.1) is 0 Å². The second-order valence-electron chi connectivity index (χ2n) is 7.31. The summed E-state index contributed by atoms with van der Waals surface area (Å²) in [6.07, 6.45) is 2.27. The second kappa shape index (κ2) is 7.91. The first-order chi connectivity index (χ1) is 14.1. The molecule has 1 unspecified atom stereocenters. The highest BCUT2D eigenvalue weighted by Crippen LogP contribution is 2.34. The van der Waals surface area contributed by atoms with Crippen molar-refractivity contribution in [1.29, 1.82) is 0 Å². The van der Waals surface area contributed by atoms with Gasteiger partial charge in [-0.1, -0.05) is 48.5 Å². The van der Waals surface area contributed by atoms with Crippen molar-refractivity contribution in [1.82, 2.24) is 14.5 Å². The van der Waals surface area contributed by atoms with Crippen molar-refractivity contribution in [3.63, 3.8) is 0 Å². The van der Waals surface area contributed by atoms with E-state index in [2.05, 4.69) is 4.98 Å². The Kier molecular flexibility index (Phi) is 5.16. The average Bonchev–Trinajstić information content (AvgIpc) is 3.31. The maximum Gasteiger partial charge on any atom is 0.336 e. The number of imidazole rings is 1. The summed E-state index contributed by atoms with van der Waals surface area (Å²) in [7, 11) is 0. The molecule has 2 heterocycles. The van der Waals surface area contributed by atoms with E-state index in [4.69, 9.17) is 0 Å². The van der Waals surface area contributed by atoms with Crippen LogP contribution in [0.5, 0.6) is 0 Å². The van der Waals surface area contributed by atoms with Crippen molar-refractivity contribution >= 4 is 11.9 Å². The fourth-order valence-corrected chi connectivity index (χ4v) is 4.05. The summed E-state index contributed by atoms with van der Waals surface area (Å²) in [6, 6.07) is 16.8. The summed E-state index contributed by atoms with van der Waals surface area (Å²) in [4.78, 5) is 30.5. The molecule has 3 aromatic rings. The second-order valence-corrected chi connectivity index (χ2v) is 7.31. The maximum absolute atomic E-state index is 12.2. The van der Waals surface area contributed by atoms with E-state index in [1.54, 1.807) is 18.5 Å². The molecule has 1 fully saturated rings. The Morgan fingerprint density at radius 2 is 1.86 bits per heavy atom. The number of hydrogen-bond donors (Lipinski definition) is 1. The number of aromatic nitrogens is 2. The van der Waals surface area contributed by atoms with Gasteiger partial charge >= 0.3 is 5.97 Å². The first-order valence-corrected chi connectivity index (χ1v) is 9.79. The van der Waals surface area contributed by atoms with Gasteiger partial charge < -0.3 is 14.6 Å². The number of nitrogens with zero attached hydrogens (tertiary/aromatic N) is 3. The van der Waals surface area contributed by atoms with Crippen LogP contribution in [0.25, 0.3) is 22.5 Å². The number of carboxylic acids is 1. The third kappa shape index (κ3) is 3.66. The largest absolute Gasteiger partial charge is 0.478 e. The molecule has 0 bridgehead atoms. The number of hydrogen-bond acceptors (Lipinski definition) is 3. The number of benzene rings is 2. The zero-order valence-electron chi connectivity index (χ0n) is 16.3. The zero-order chi connectivity index (χ0) is 20.4. The summed E-state index contributed by atoms with van der Waals surface area (Å²) in [5.74, 6) is -0.620. The van der Waals surface area contributed by atoms with Gasteiger partial charge in [0.1, 0.15) is 0 Å². The molecule has 2 aromatic carbocycles. The molecule has 1 aliphatic heterocycles. The van der Waals surface area contributed by atoms with Crippen LogP contribution in [0, 0.1) is 5.92 Å². The van der Waals surface area contributed by atoms with Gasteiger partial charge in [-0.05, 0) is 13.0 Å². The first-order valence-electron chi connectivity index (χ1n) is 9.79. The highest BCUT2D eigenvalue weighted by molar-refractivity contribution is 5.97. The summed E-state index contributed by atoms with van der Waals surface area (Å²) in [6.45, 7) is 4.03.